The average Bonchev–Trinajstić information content (AvgIpc) is 3.26. The van der Waals surface area contributed by atoms with E-state index in [1.54, 1.807) is 35.1 Å². The zero-order valence-corrected chi connectivity index (χ0v) is 17.7. The van der Waals surface area contributed by atoms with Gasteiger partial charge in [-0.3, -0.25) is 4.79 Å². The van der Waals surface area contributed by atoms with E-state index in [1.165, 1.54) is 24.3 Å². The first-order valence-electron chi connectivity index (χ1n) is 10.6. The summed E-state index contributed by atoms with van der Waals surface area (Å²) in [5.41, 5.74) is 2.32. The third-order valence-corrected chi connectivity index (χ3v) is 6.21. The van der Waals surface area contributed by atoms with Crippen LogP contribution in [0.15, 0.2) is 65.8 Å². The van der Waals surface area contributed by atoms with Gasteiger partial charge in [-0.2, -0.15) is 5.10 Å². The third kappa shape index (κ3) is 3.66. The molecule has 8 heteroatoms. The molecule has 0 saturated carbocycles. The minimum atomic E-state index is -0.568. The van der Waals surface area contributed by atoms with Crippen molar-refractivity contribution in [3.63, 3.8) is 0 Å². The summed E-state index contributed by atoms with van der Waals surface area (Å²) in [7, 11) is 0. The summed E-state index contributed by atoms with van der Waals surface area (Å²) in [4.78, 5) is 22.3. The number of aromatic nitrogens is 2. The Balaban J connectivity index is 1.40. The largest absolute Gasteiger partial charge is 0.368 e. The van der Waals surface area contributed by atoms with Crippen LogP contribution in [0.4, 0.5) is 20.3 Å². The lowest BCUT2D eigenvalue weighted by atomic mass is 9.87. The quantitative estimate of drug-likeness (QED) is 0.629. The summed E-state index contributed by atoms with van der Waals surface area (Å²) < 4.78 is 29.0. The molecule has 2 aliphatic heterocycles. The maximum absolute atomic E-state index is 14.0. The Labute approximate surface area is 184 Å². The fourth-order valence-electron chi connectivity index (χ4n) is 4.60. The average molecular weight is 435 g/mol. The molecule has 2 unspecified atom stereocenters. The first kappa shape index (κ1) is 20.4. The fourth-order valence-corrected chi connectivity index (χ4v) is 4.60. The van der Waals surface area contributed by atoms with E-state index in [2.05, 4.69) is 15.0 Å². The smallest absolute Gasteiger partial charge is 0.234 e. The lowest BCUT2D eigenvalue weighted by molar-refractivity contribution is -0.134. The van der Waals surface area contributed by atoms with Gasteiger partial charge in [0.25, 0.3) is 0 Å². The molecular formula is C24H23F2N5O. The number of carbonyl (C=O) groups is 1. The molecule has 2 aromatic carbocycles. The number of fused-ring (bicyclic) bond motifs is 1. The van der Waals surface area contributed by atoms with Gasteiger partial charge in [0.2, 0.25) is 5.91 Å². The maximum atomic E-state index is 14.0. The molecule has 32 heavy (non-hydrogen) atoms. The number of piperazine rings is 1. The van der Waals surface area contributed by atoms with Crippen molar-refractivity contribution >= 4 is 23.1 Å². The number of anilines is 1. The predicted molar refractivity (Wildman–Crippen MR) is 118 cm³/mol. The van der Waals surface area contributed by atoms with Crippen molar-refractivity contribution in [2.75, 3.05) is 31.1 Å². The summed E-state index contributed by atoms with van der Waals surface area (Å²) in [5.74, 6) is -0.574. The number of hydrogen-bond acceptors (Lipinski definition) is 4. The fraction of sp³-hybridized carbons (Fsp3) is 0.292. The molecule has 0 spiro atoms. The van der Waals surface area contributed by atoms with Crippen LogP contribution in [0.3, 0.4) is 0 Å². The second-order valence-electron chi connectivity index (χ2n) is 8.15. The van der Waals surface area contributed by atoms with E-state index in [-0.39, 0.29) is 17.5 Å². The molecule has 2 aliphatic rings. The van der Waals surface area contributed by atoms with Crippen LogP contribution in [-0.2, 0) is 4.79 Å². The molecule has 1 aromatic heterocycles. The number of carbonyl (C=O) groups excluding carboxylic acids is 1. The highest BCUT2D eigenvalue weighted by atomic mass is 19.1. The number of benzene rings is 2. The van der Waals surface area contributed by atoms with Crippen molar-refractivity contribution in [3.05, 3.63) is 78.0 Å². The van der Waals surface area contributed by atoms with Crippen LogP contribution >= 0.6 is 0 Å². The highest BCUT2D eigenvalue weighted by Crippen LogP contribution is 2.37. The molecule has 3 aromatic rings. The predicted octanol–water partition coefficient (Wildman–Crippen LogP) is 3.82. The van der Waals surface area contributed by atoms with Crippen molar-refractivity contribution in [2.45, 2.75) is 13.0 Å². The Morgan fingerprint density at radius 3 is 2.44 bits per heavy atom. The van der Waals surface area contributed by atoms with Gasteiger partial charge in [-0.25, -0.2) is 18.5 Å². The number of aliphatic imine (C=N–C) groups is 1. The van der Waals surface area contributed by atoms with Crippen LogP contribution in [0.2, 0.25) is 0 Å². The number of hydrogen-bond donors (Lipinski definition) is 0. The van der Waals surface area contributed by atoms with Crippen molar-refractivity contribution in [1.82, 2.24) is 14.7 Å². The van der Waals surface area contributed by atoms with E-state index >= 15 is 0 Å². The van der Waals surface area contributed by atoms with Gasteiger partial charge in [0.05, 0.1) is 12.2 Å². The Hall–Kier alpha value is -3.55. The number of rotatable bonds is 3. The molecular weight excluding hydrogens is 412 g/mol. The second kappa shape index (κ2) is 8.18. The number of halogens is 2. The molecule has 5 rings (SSSR count). The summed E-state index contributed by atoms with van der Waals surface area (Å²) >= 11 is 0. The number of nitrogens with zero attached hydrogens (tertiary/aromatic N) is 5. The highest BCUT2D eigenvalue weighted by Gasteiger charge is 2.40. The van der Waals surface area contributed by atoms with Gasteiger partial charge in [0, 0.05) is 43.6 Å². The highest BCUT2D eigenvalue weighted by molar-refractivity contribution is 6.05. The van der Waals surface area contributed by atoms with Gasteiger partial charge in [-0.15, -0.1) is 0 Å². The van der Waals surface area contributed by atoms with Gasteiger partial charge in [0.15, 0.2) is 5.82 Å². The van der Waals surface area contributed by atoms with Crippen LogP contribution in [0.1, 0.15) is 18.5 Å². The van der Waals surface area contributed by atoms with Gasteiger partial charge in [0.1, 0.15) is 17.6 Å². The molecule has 6 nitrogen and oxygen atoms in total. The Morgan fingerprint density at radius 1 is 0.969 bits per heavy atom. The molecule has 164 valence electrons. The Morgan fingerprint density at radius 2 is 1.72 bits per heavy atom. The van der Waals surface area contributed by atoms with E-state index < -0.39 is 12.0 Å². The van der Waals surface area contributed by atoms with Crippen LogP contribution in [-0.4, -0.2) is 52.5 Å². The molecule has 1 fully saturated rings. The normalized spacial score (nSPS) is 20.7. The summed E-state index contributed by atoms with van der Waals surface area (Å²) in [6.07, 6.45) is 1.65. The number of amides is 1. The van der Waals surface area contributed by atoms with Gasteiger partial charge in [-0.1, -0.05) is 12.1 Å². The zero-order chi connectivity index (χ0) is 22.2. The molecule has 0 aliphatic carbocycles. The van der Waals surface area contributed by atoms with Crippen LogP contribution in [0, 0.1) is 17.6 Å². The molecule has 0 bridgehead atoms. The monoisotopic (exact) mass is 435 g/mol. The van der Waals surface area contributed by atoms with E-state index in [9.17, 15) is 13.6 Å². The van der Waals surface area contributed by atoms with E-state index in [0.29, 0.717) is 43.3 Å². The van der Waals surface area contributed by atoms with E-state index in [0.717, 1.165) is 5.69 Å². The SMILES string of the molecule is CC1=Nc2ccnn2C(c2cccc(F)c2)C1C(=O)N1CCN(c2ccc(F)cc2)CC1. The standard InChI is InChI=1S/C24H23F2N5O/c1-16-22(23(17-3-2-4-19(26)15-17)31-21(28-16)9-10-27-31)24(32)30-13-11-29(12-14-30)20-7-5-18(25)6-8-20/h2-10,15,22-23H,11-14H2,1H3. The van der Waals surface area contributed by atoms with Crippen LogP contribution in [0.5, 0.6) is 0 Å². The Kier molecular flexibility index (Phi) is 5.20. The second-order valence-corrected chi connectivity index (χ2v) is 8.15. The minimum Gasteiger partial charge on any atom is -0.368 e. The van der Waals surface area contributed by atoms with Crippen molar-refractivity contribution in [2.24, 2.45) is 10.9 Å². The van der Waals surface area contributed by atoms with Gasteiger partial charge < -0.3 is 9.80 Å². The summed E-state index contributed by atoms with van der Waals surface area (Å²) in [6, 6.07) is 14.1. The lowest BCUT2D eigenvalue weighted by Crippen LogP contribution is -2.53. The van der Waals surface area contributed by atoms with Gasteiger partial charge in [-0.05, 0) is 48.9 Å². The molecule has 0 N–H and O–H groups in total. The zero-order valence-electron chi connectivity index (χ0n) is 17.7. The summed E-state index contributed by atoms with van der Waals surface area (Å²) in [5, 5.41) is 4.39. The minimum absolute atomic E-state index is 0.0413. The molecule has 1 saturated heterocycles. The van der Waals surface area contributed by atoms with Crippen molar-refractivity contribution in [3.8, 4) is 0 Å². The van der Waals surface area contributed by atoms with E-state index in [1.807, 2.05) is 17.9 Å². The van der Waals surface area contributed by atoms with Crippen LogP contribution in [0.25, 0.3) is 0 Å². The first-order valence-corrected chi connectivity index (χ1v) is 10.6. The molecule has 2 atom stereocenters. The maximum Gasteiger partial charge on any atom is 0.234 e. The first-order chi connectivity index (χ1) is 15.5. The summed E-state index contributed by atoms with van der Waals surface area (Å²) in [6.45, 7) is 4.24. The van der Waals surface area contributed by atoms with Gasteiger partial charge >= 0.3 is 0 Å². The van der Waals surface area contributed by atoms with Crippen molar-refractivity contribution < 1.29 is 13.6 Å². The Bertz CT molecular complexity index is 1170. The molecule has 1 amide bonds. The van der Waals surface area contributed by atoms with Crippen molar-refractivity contribution in [1.29, 1.82) is 0 Å². The third-order valence-electron chi connectivity index (χ3n) is 6.21. The lowest BCUT2D eigenvalue weighted by Gasteiger charge is -2.40. The van der Waals surface area contributed by atoms with Crippen LogP contribution < -0.4 is 4.90 Å². The molecule has 0 radical (unpaired) electrons. The van der Waals surface area contributed by atoms with E-state index in [4.69, 9.17) is 0 Å². The topological polar surface area (TPSA) is 53.7 Å². The molecule has 3 heterocycles.